The molecule has 4 nitrogen and oxygen atoms in total. The zero-order chi connectivity index (χ0) is 22.3. The average Bonchev–Trinajstić information content (AvgIpc) is 2.78. The van der Waals surface area contributed by atoms with Crippen molar-refractivity contribution in [1.82, 2.24) is 0 Å². The van der Waals surface area contributed by atoms with Gasteiger partial charge in [0.1, 0.15) is 12.4 Å². The van der Waals surface area contributed by atoms with E-state index in [1.54, 1.807) is 30.3 Å². The maximum atomic E-state index is 13.3. The predicted octanol–water partition coefficient (Wildman–Crippen LogP) is 6.87. The maximum absolute atomic E-state index is 13.3. The lowest BCUT2D eigenvalue weighted by Crippen LogP contribution is -2.14. The van der Waals surface area contributed by atoms with Crippen LogP contribution in [0.2, 0.25) is 0 Å². The van der Waals surface area contributed by atoms with Gasteiger partial charge >= 0.3 is 11.9 Å². The Labute approximate surface area is 184 Å². The van der Waals surface area contributed by atoms with Crippen molar-refractivity contribution in [3.8, 4) is 0 Å². The maximum Gasteiger partial charge on any atom is 0.339 e. The molecule has 0 fully saturated rings. The van der Waals surface area contributed by atoms with E-state index >= 15 is 0 Å². The molecule has 0 bridgehead atoms. The lowest BCUT2D eigenvalue weighted by Gasteiger charge is -2.10. The Hall–Kier alpha value is -2.69. The topological polar surface area (TPSA) is 52.6 Å². The zero-order valence-electron chi connectivity index (χ0n) is 18.4. The highest BCUT2D eigenvalue weighted by Crippen LogP contribution is 2.15. The number of carbonyl (C=O) groups excluding carboxylic acids is 2. The normalized spacial score (nSPS) is 10.6. The molecular formula is C26H33FO4. The van der Waals surface area contributed by atoms with E-state index in [0.29, 0.717) is 12.2 Å². The highest BCUT2D eigenvalue weighted by Gasteiger charge is 2.19. The second-order valence-electron chi connectivity index (χ2n) is 7.72. The van der Waals surface area contributed by atoms with E-state index in [4.69, 9.17) is 9.47 Å². The molecule has 0 heterocycles. The molecule has 31 heavy (non-hydrogen) atoms. The van der Waals surface area contributed by atoms with Crippen LogP contribution in [0.5, 0.6) is 0 Å². The van der Waals surface area contributed by atoms with Gasteiger partial charge in [-0.05, 0) is 36.2 Å². The Morgan fingerprint density at radius 3 is 1.94 bits per heavy atom. The number of hydrogen-bond donors (Lipinski definition) is 0. The van der Waals surface area contributed by atoms with Gasteiger partial charge in [0.15, 0.2) is 0 Å². The van der Waals surface area contributed by atoms with E-state index in [9.17, 15) is 14.0 Å². The van der Waals surface area contributed by atoms with Crippen LogP contribution in [0.4, 0.5) is 4.39 Å². The van der Waals surface area contributed by atoms with E-state index in [-0.39, 0.29) is 17.7 Å². The molecule has 0 saturated carbocycles. The van der Waals surface area contributed by atoms with Crippen molar-refractivity contribution in [3.05, 3.63) is 71.0 Å². The Balaban J connectivity index is 1.73. The average molecular weight is 429 g/mol. The summed E-state index contributed by atoms with van der Waals surface area (Å²) in [6, 6.07) is 12.3. The first-order chi connectivity index (χ1) is 15.1. The van der Waals surface area contributed by atoms with Crippen molar-refractivity contribution < 1.29 is 23.5 Å². The zero-order valence-corrected chi connectivity index (χ0v) is 18.4. The molecular weight excluding hydrogens is 395 g/mol. The standard InChI is InChI=1S/C26H33FO4/c1-2-3-4-5-6-7-8-9-12-18-30-25(28)23-16-10-11-17-24(23)26(29)31-20-21-14-13-15-22(27)19-21/h10-11,13-17,19H,2-9,12,18,20H2,1H3. The second-order valence-corrected chi connectivity index (χ2v) is 7.72. The minimum absolute atomic E-state index is 0.0710. The van der Waals surface area contributed by atoms with Crippen LogP contribution in [0.15, 0.2) is 48.5 Å². The summed E-state index contributed by atoms with van der Waals surface area (Å²) >= 11 is 0. The van der Waals surface area contributed by atoms with Gasteiger partial charge in [-0.1, -0.05) is 82.6 Å². The number of halogens is 1. The first kappa shape index (κ1) is 24.6. The quantitative estimate of drug-likeness (QED) is 0.243. The molecule has 5 heteroatoms. The SMILES string of the molecule is CCCCCCCCCCCOC(=O)c1ccccc1C(=O)OCc1cccc(F)c1. The van der Waals surface area contributed by atoms with E-state index in [1.807, 2.05) is 0 Å². The third-order valence-electron chi connectivity index (χ3n) is 5.11. The monoisotopic (exact) mass is 428 g/mol. The third-order valence-corrected chi connectivity index (χ3v) is 5.11. The van der Waals surface area contributed by atoms with Crippen LogP contribution in [-0.4, -0.2) is 18.5 Å². The third kappa shape index (κ3) is 9.33. The summed E-state index contributed by atoms with van der Waals surface area (Å²) in [6.45, 7) is 2.48. The fraction of sp³-hybridized carbons (Fsp3) is 0.462. The molecule has 0 aliphatic heterocycles. The molecule has 0 N–H and O–H groups in total. The van der Waals surface area contributed by atoms with Gasteiger partial charge in [0.2, 0.25) is 0 Å². The van der Waals surface area contributed by atoms with E-state index in [0.717, 1.165) is 19.3 Å². The summed E-state index contributed by atoms with van der Waals surface area (Å²) in [5, 5.41) is 0. The molecule has 0 spiro atoms. The number of ether oxygens (including phenoxy) is 2. The minimum Gasteiger partial charge on any atom is -0.462 e. The van der Waals surface area contributed by atoms with Crippen LogP contribution >= 0.6 is 0 Å². The molecule has 0 saturated heterocycles. The molecule has 0 aromatic heterocycles. The molecule has 0 aliphatic carbocycles. The van der Waals surface area contributed by atoms with Crippen LogP contribution in [-0.2, 0) is 16.1 Å². The van der Waals surface area contributed by atoms with Gasteiger partial charge in [-0.2, -0.15) is 0 Å². The molecule has 2 aromatic carbocycles. The first-order valence-electron chi connectivity index (χ1n) is 11.3. The largest absolute Gasteiger partial charge is 0.462 e. The molecule has 168 valence electrons. The van der Waals surface area contributed by atoms with Crippen LogP contribution in [0.3, 0.4) is 0 Å². The van der Waals surface area contributed by atoms with Crippen molar-refractivity contribution in [2.24, 2.45) is 0 Å². The smallest absolute Gasteiger partial charge is 0.339 e. The number of rotatable bonds is 14. The van der Waals surface area contributed by atoms with Crippen LogP contribution in [0, 0.1) is 5.82 Å². The minimum atomic E-state index is -0.639. The molecule has 0 atom stereocenters. The van der Waals surface area contributed by atoms with Gasteiger partial charge in [0.05, 0.1) is 17.7 Å². The van der Waals surface area contributed by atoms with Crippen LogP contribution < -0.4 is 0 Å². The van der Waals surface area contributed by atoms with Crippen LogP contribution in [0.25, 0.3) is 0 Å². The summed E-state index contributed by atoms with van der Waals surface area (Å²) < 4.78 is 23.9. The number of benzene rings is 2. The molecule has 0 radical (unpaired) electrons. The van der Waals surface area contributed by atoms with Crippen molar-refractivity contribution in [2.75, 3.05) is 6.61 Å². The fourth-order valence-corrected chi connectivity index (χ4v) is 3.35. The molecule has 0 aliphatic rings. The number of hydrogen-bond acceptors (Lipinski definition) is 4. The molecule has 0 unspecified atom stereocenters. The van der Waals surface area contributed by atoms with Crippen molar-refractivity contribution >= 4 is 11.9 Å². The Morgan fingerprint density at radius 1 is 0.742 bits per heavy atom. The van der Waals surface area contributed by atoms with Gasteiger partial charge in [0.25, 0.3) is 0 Å². The summed E-state index contributed by atoms with van der Waals surface area (Å²) in [7, 11) is 0. The van der Waals surface area contributed by atoms with Crippen molar-refractivity contribution in [1.29, 1.82) is 0 Å². The van der Waals surface area contributed by atoms with Crippen LogP contribution in [0.1, 0.15) is 91.0 Å². The number of unbranched alkanes of at least 4 members (excludes halogenated alkanes) is 8. The molecule has 2 aromatic rings. The number of esters is 2. The molecule has 0 amide bonds. The lowest BCUT2D eigenvalue weighted by atomic mass is 10.1. The summed E-state index contributed by atoms with van der Waals surface area (Å²) in [6.07, 6.45) is 10.7. The highest BCUT2D eigenvalue weighted by molar-refractivity contribution is 6.03. The highest BCUT2D eigenvalue weighted by atomic mass is 19.1. The number of carbonyl (C=O) groups is 2. The van der Waals surface area contributed by atoms with Gasteiger partial charge < -0.3 is 9.47 Å². The first-order valence-corrected chi connectivity index (χ1v) is 11.3. The molecule has 2 rings (SSSR count). The summed E-state index contributed by atoms with van der Waals surface area (Å²) in [4.78, 5) is 24.9. The second kappa shape index (κ2) is 14.3. The fourth-order valence-electron chi connectivity index (χ4n) is 3.35. The van der Waals surface area contributed by atoms with Gasteiger partial charge in [0, 0.05) is 0 Å². The van der Waals surface area contributed by atoms with Gasteiger partial charge in [-0.3, -0.25) is 0 Å². The van der Waals surface area contributed by atoms with Crippen molar-refractivity contribution in [2.45, 2.75) is 71.3 Å². The lowest BCUT2D eigenvalue weighted by molar-refractivity contribution is 0.0436. The Kier molecular flexibility index (Phi) is 11.4. The van der Waals surface area contributed by atoms with Gasteiger partial charge in [-0.25, -0.2) is 14.0 Å². The van der Waals surface area contributed by atoms with Gasteiger partial charge in [-0.15, -0.1) is 0 Å². The Morgan fingerprint density at radius 2 is 1.32 bits per heavy atom. The predicted molar refractivity (Wildman–Crippen MR) is 119 cm³/mol. The van der Waals surface area contributed by atoms with Crippen molar-refractivity contribution in [3.63, 3.8) is 0 Å². The summed E-state index contributed by atoms with van der Waals surface area (Å²) in [5.41, 5.74) is 0.873. The van der Waals surface area contributed by atoms with E-state index < -0.39 is 17.8 Å². The van der Waals surface area contributed by atoms with E-state index in [1.165, 1.54) is 56.7 Å². The van der Waals surface area contributed by atoms with E-state index in [2.05, 4.69) is 6.92 Å². The Bertz CT molecular complexity index is 819. The summed E-state index contributed by atoms with van der Waals surface area (Å²) in [5.74, 6) is -1.56.